The molecule has 2 heterocycles. The number of nitrogens with zero attached hydrogens (tertiary/aromatic N) is 2. The van der Waals surface area contributed by atoms with Gasteiger partial charge in [-0.3, -0.25) is 29.4 Å². The zero-order chi connectivity index (χ0) is 35.4. The lowest BCUT2D eigenvalue weighted by Gasteiger charge is -2.14. The quantitative estimate of drug-likeness (QED) is 0.0813. The van der Waals surface area contributed by atoms with Crippen molar-refractivity contribution in [2.24, 2.45) is 5.84 Å². The van der Waals surface area contributed by atoms with Crippen LogP contribution >= 0.6 is 12.4 Å². The van der Waals surface area contributed by atoms with Crippen LogP contribution < -0.4 is 27.7 Å². The fraction of sp³-hybridized carbons (Fsp3) is 0.172. The predicted octanol–water partition coefficient (Wildman–Crippen LogP) is 5.49. The first-order chi connectivity index (χ1) is 21.9. The average Bonchev–Trinajstić information content (AvgIpc) is 2.98. The maximum absolute atomic E-state index is 12.8. The highest BCUT2D eigenvalue weighted by atomic mass is 35.5. The fourth-order valence-corrected chi connectivity index (χ4v) is 3.54. The summed E-state index contributed by atoms with van der Waals surface area (Å²) in [6.45, 7) is -3.47. The number of carbonyl (C=O) groups excluding carboxylic acids is 1. The molecule has 0 bridgehead atoms. The normalized spacial score (nSPS) is 10.7. The van der Waals surface area contributed by atoms with E-state index in [2.05, 4.69) is 10.7 Å². The molecule has 0 amide bonds. The highest BCUT2D eigenvalue weighted by Gasteiger charge is 2.31. The van der Waals surface area contributed by atoms with Gasteiger partial charge in [0.15, 0.2) is 5.78 Å². The third-order valence-corrected chi connectivity index (χ3v) is 5.59. The number of aromatic carboxylic acids is 1. The average molecular weight is 712 g/mol. The van der Waals surface area contributed by atoms with Crippen LogP contribution in [0.3, 0.4) is 0 Å². The minimum absolute atomic E-state index is 0. The summed E-state index contributed by atoms with van der Waals surface area (Å²) in [7, 11) is 0. The molecule has 0 aliphatic heterocycles. The Balaban J connectivity index is 0.000000395. The SMILES string of the molecule is Cl.NNc1ccc(F)cc1.O=C(CNc1ccc(F)cc1)c1cccc(=O)n1CC(F)(F)F.O=C(O)c1cccc(=O)n1CC(F)(F)F. The van der Waals surface area contributed by atoms with Crippen LogP contribution in [0.5, 0.6) is 0 Å². The number of ketones is 1. The smallest absolute Gasteiger partial charge is 0.406 e. The molecule has 260 valence electrons. The summed E-state index contributed by atoms with van der Waals surface area (Å²) in [4.78, 5) is 45.2. The predicted molar refractivity (Wildman–Crippen MR) is 161 cm³/mol. The molecule has 0 atom stereocenters. The van der Waals surface area contributed by atoms with Gasteiger partial charge in [0.1, 0.15) is 30.4 Å². The molecule has 2 aromatic carbocycles. The first-order valence-electron chi connectivity index (χ1n) is 12.9. The van der Waals surface area contributed by atoms with E-state index in [4.69, 9.17) is 10.9 Å². The maximum Gasteiger partial charge on any atom is 0.406 e. The van der Waals surface area contributed by atoms with E-state index >= 15 is 0 Å². The zero-order valence-electron chi connectivity index (χ0n) is 24.2. The third-order valence-electron chi connectivity index (χ3n) is 5.59. The number of hydrazine groups is 1. The van der Waals surface area contributed by atoms with Crippen molar-refractivity contribution in [3.8, 4) is 0 Å². The van der Waals surface area contributed by atoms with Crippen molar-refractivity contribution in [1.29, 1.82) is 0 Å². The number of alkyl halides is 6. The van der Waals surface area contributed by atoms with Crippen LogP contribution in [0.1, 0.15) is 21.0 Å². The second kappa shape index (κ2) is 18.2. The summed E-state index contributed by atoms with van der Waals surface area (Å²) >= 11 is 0. The van der Waals surface area contributed by atoms with E-state index in [1.165, 1.54) is 42.5 Å². The summed E-state index contributed by atoms with van der Waals surface area (Å²) in [6.07, 6.45) is -9.25. The third kappa shape index (κ3) is 14.0. The number of nitrogen functional groups attached to an aromatic ring is 1. The van der Waals surface area contributed by atoms with Crippen LogP contribution in [0.2, 0.25) is 0 Å². The van der Waals surface area contributed by atoms with Crippen molar-refractivity contribution in [1.82, 2.24) is 9.13 Å². The van der Waals surface area contributed by atoms with Gasteiger partial charge in [-0.15, -0.1) is 12.4 Å². The van der Waals surface area contributed by atoms with Gasteiger partial charge in [0, 0.05) is 23.5 Å². The number of nitrogens with two attached hydrogens (primary N) is 1. The molecule has 5 N–H and O–H groups in total. The molecule has 4 rings (SSSR count). The Morgan fingerprint density at radius 3 is 1.46 bits per heavy atom. The summed E-state index contributed by atoms with van der Waals surface area (Å²) in [5.74, 6) is 2.06. The van der Waals surface area contributed by atoms with Crippen LogP contribution in [-0.2, 0) is 13.1 Å². The Labute approximate surface area is 271 Å². The molecule has 0 fully saturated rings. The fourth-order valence-electron chi connectivity index (χ4n) is 3.54. The molecule has 0 spiro atoms. The Bertz CT molecular complexity index is 1760. The van der Waals surface area contributed by atoms with Gasteiger partial charge < -0.3 is 15.8 Å². The molecule has 2 aromatic heterocycles. The maximum atomic E-state index is 12.8. The van der Waals surface area contributed by atoms with E-state index in [9.17, 15) is 54.3 Å². The van der Waals surface area contributed by atoms with E-state index in [-0.39, 0.29) is 35.0 Å². The van der Waals surface area contributed by atoms with Crippen LogP contribution in [0, 0.1) is 11.6 Å². The monoisotopic (exact) mass is 711 g/mol. The van der Waals surface area contributed by atoms with Gasteiger partial charge in [0.25, 0.3) is 11.1 Å². The van der Waals surface area contributed by atoms with Crippen molar-refractivity contribution in [2.45, 2.75) is 25.4 Å². The number of carboxylic acid groups (broad SMARTS) is 1. The number of benzene rings is 2. The van der Waals surface area contributed by atoms with Crippen LogP contribution in [0.25, 0.3) is 0 Å². The molecule has 0 unspecified atom stereocenters. The summed E-state index contributed by atoms with van der Waals surface area (Å²) < 4.78 is 99.1. The number of rotatable bonds is 8. The zero-order valence-corrected chi connectivity index (χ0v) is 25.0. The number of pyridine rings is 2. The largest absolute Gasteiger partial charge is 0.477 e. The van der Waals surface area contributed by atoms with E-state index in [0.717, 1.165) is 30.3 Å². The number of carbonyl (C=O) groups is 2. The van der Waals surface area contributed by atoms with Gasteiger partial charge >= 0.3 is 18.3 Å². The standard InChI is InChI=1S/C15H12F4N2O2.C8H6F3NO3.C6H7FN2.ClH/c16-10-4-6-11(7-5-10)20-8-13(22)12-2-1-3-14(23)21(12)9-15(17,18)19;9-8(10,11)4-12-5(7(14)15)2-1-3-6(12)13;7-5-1-3-6(9-8)4-2-5;/h1-7,20H,8-9H2;1-3H,4H2,(H,14,15);1-4,9H,8H2;1H. The molecule has 0 aliphatic carbocycles. The molecule has 0 saturated heterocycles. The number of hydrogen-bond acceptors (Lipinski definition) is 7. The molecule has 10 nitrogen and oxygen atoms in total. The molecule has 48 heavy (non-hydrogen) atoms. The van der Waals surface area contributed by atoms with Crippen LogP contribution in [0.4, 0.5) is 46.5 Å². The van der Waals surface area contributed by atoms with Gasteiger partial charge in [-0.25, -0.2) is 13.6 Å². The summed E-state index contributed by atoms with van der Waals surface area (Å²) in [5.41, 5.74) is 0.599. The Kier molecular flexibility index (Phi) is 15.5. The van der Waals surface area contributed by atoms with Crippen molar-refractivity contribution < 1.29 is 49.8 Å². The number of anilines is 2. The van der Waals surface area contributed by atoms with Crippen molar-refractivity contribution in [3.05, 3.63) is 129 Å². The lowest BCUT2D eigenvalue weighted by molar-refractivity contribution is -0.142. The summed E-state index contributed by atoms with van der Waals surface area (Å²) in [6, 6.07) is 17.2. The minimum Gasteiger partial charge on any atom is -0.477 e. The van der Waals surface area contributed by atoms with Crippen molar-refractivity contribution in [2.75, 3.05) is 17.3 Å². The second-order valence-electron chi connectivity index (χ2n) is 9.14. The minimum atomic E-state index is -4.63. The Hall–Kier alpha value is -5.23. The van der Waals surface area contributed by atoms with Crippen LogP contribution in [-0.4, -0.2) is 44.9 Å². The molecule has 0 aliphatic rings. The first-order valence-corrected chi connectivity index (χ1v) is 12.9. The van der Waals surface area contributed by atoms with Gasteiger partial charge in [-0.2, -0.15) is 26.3 Å². The van der Waals surface area contributed by atoms with Gasteiger partial charge in [-0.1, -0.05) is 12.1 Å². The Morgan fingerprint density at radius 1 is 0.667 bits per heavy atom. The highest BCUT2D eigenvalue weighted by molar-refractivity contribution is 5.97. The molecular weight excluding hydrogens is 686 g/mol. The number of Topliss-reactive ketones (excluding diaryl/α,β-unsaturated/α-hetero) is 1. The van der Waals surface area contributed by atoms with Crippen molar-refractivity contribution >= 4 is 35.5 Å². The second-order valence-corrected chi connectivity index (χ2v) is 9.14. The first kappa shape index (κ1) is 40.8. The lowest BCUT2D eigenvalue weighted by Crippen LogP contribution is -2.32. The molecular formula is C29H26ClF8N5O5. The lowest BCUT2D eigenvalue weighted by atomic mass is 10.2. The molecule has 4 aromatic rings. The number of nitrogens with one attached hydrogen (secondary N) is 2. The molecule has 0 saturated carbocycles. The summed E-state index contributed by atoms with van der Waals surface area (Å²) in [5, 5.41) is 11.2. The van der Waals surface area contributed by atoms with E-state index in [1.54, 1.807) is 12.1 Å². The van der Waals surface area contributed by atoms with Crippen molar-refractivity contribution in [3.63, 3.8) is 0 Å². The van der Waals surface area contributed by atoms with Gasteiger partial charge in [0.2, 0.25) is 0 Å². The molecule has 0 radical (unpaired) electrons. The van der Waals surface area contributed by atoms with E-state index in [0.29, 0.717) is 15.9 Å². The van der Waals surface area contributed by atoms with Gasteiger partial charge in [-0.05, 0) is 60.7 Å². The Morgan fingerprint density at radius 2 is 1.06 bits per heavy atom. The topological polar surface area (TPSA) is 148 Å². The molecule has 19 heteroatoms. The highest BCUT2D eigenvalue weighted by Crippen LogP contribution is 2.18. The number of halogens is 9. The van der Waals surface area contributed by atoms with E-state index in [1.807, 2.05) is 0 Å². The van der Waals surface area contributed by atoms with Crippen LogP contribution in [0.15, 0.2) is 94.5 Å². The number of carboxylic acids is 1. The number of aromatic nitrogens is 2. The van der Waals surface area contributed by atoms with Gasteiger partial charge in [0.05, 0.1) is 12.2 Å². The van der Waals surface area contributed by atoms with E-state index < -0.39 is 59.8 Å². The number of hydrogen-bond donors (Lipinski definition) is 4.